The highest BCUT2D eigenvalue weighted by Crippen LogP contribution is 2.15. The Bertz CT molecular complexity index is 419. The first kappa shape index (κ1) is 16.3. The molecular formula is C18H30N2O. The van der Waals surface area contributed by atoms with Crippen LogP contribution in [0.25, 0.3) is 0 Å². The summed E-state index contributed by atoms with van der Waals surface area (Å²) in [5, 5.41) is 3.57. The van der Waals surface area contributed by atoms with Crippen LogP contribution in [0, 0.1) is 12.8 Å². The Kier molecular flexibility index (Phi) is 6.52. The molecule has 0 saturated carbocycles. The van der Waals surface area contributed by atoms with Crippen molar-refractivity contribution in [1.82, 2.24) is 10.2 Å². The van der Waals surface area contributed by atoms with Gasteiger partial charge in [0.15, 0.2) is 0 Å². The summed E-state index contributed by atoms with van der Waals surface area (Å²) >= 11 is 0. The van der Waals surface area contributed by atoms with Crippen LogP contribution in [0.4, 0.5) is 0 Å². The first-order valence-corrected chi connectivity index (χ1v) is 8.29. The normalized spacial score (nSPS) is 20.5. The van der Waals surface area contributed by atoms with Gasteiger partial charge in [-0.2, -0.15) is 0 Å². The SMILES string of the molecule is Cc1cccc(OCCN2CCCNCC2CC(C)C)c1. The maximum absolute atomic E-state index is 5.92. The lowest BCUT2D eigenvalue weighted by Crippen LogP contribution is -2.42. The maximum atomic E-state index is 5.92. The number of benzene rings is 1. The zero-order valence-corrected chi connectivity index (χ0v) is 13.8. The van der Waals surface area contributed by atoms with Crippen molar-refractivity contribution in [3.8, 4) is 5.75 Å². The largest absolute Gasteiger partial charge is 0.492 e. The van der Waals surface area contributed by atoms with Crippen molar-refractivity contribution in [2.45, 2.75) is 39.7 Å². The number of ether oxygens (including phenoxy) is 1. The molecule has 1 N–H and O–H groups in total. The van der Waals surface area contributed by atoms with Crippen LogP contribution in [-0.2, 0) is 0 Å². The second-order valence-corrected chi connectivity index (χ2v) is 6.54. The average Bonchev–Trinajstić information content (AvgIpc) is 2.64. The molecule has 0 bridgehead atoms. The summed E-state index contributed by atoms with van der Waals surface area (Å²) in [4.78, 5) is 2.61. The summed E-state index contributed by atoms with van der Waals surface area (Å²) in [7, 11) is 0. The predicted molar refractivity (Wildman–Crippen MR) is 89.0 cm³/mol. The third kappa shape index (κ3) is 5.68. The Morgan fingerprint density at radius 1 is 1.38 bits per heavy atom. The van der Waals surface area contributed by atoms with E-state index in [-0.39, 0.29) is 0 Å². The van der Waals surface area contributed by atoms with Gasteiger partial charge in [0.25, 0.3) is 0 Å². The fourth-order valence-electron chi connectivity index (χ4n) is 3.04. The van der Waals surface area contributed by atoms with Gasteiger partial charge in [-0.25, -0.2) is 0 Å². The van der Waals surface area contributed by atoms with Crippen LogP contribution in [0.15, 0.2) is 24.3 Å². The number of hydrogen-bond acceptors (Lipinski definition) is 3. The molecule has 1 fully saturated rings. The van der Waals surface area contributed by atoms with Gasteiger partial charge in [0.2, 0.25) is 0 Å². The minimum atomic E-state index is 0.647. The van der Waals surface area contributed by atoms with Crippen LogP contribution < -0.4 is 10.1 Å². The van der Waals surface area contributed by atoms with Crippen LogP contribution in [-0.4, -0.2) is 43.7 Å². The zero-order chi connectivity index (χ0) is 15.1. The molecule has 1 aromatic rings. The summed E-state index contributed by atoms with van der Waals surface area (Å²) in [5.41, 5.74) is 1.25. The van der Waals surface area contributed by atoms with Crippen molar-refractivity contribution in [1.29, 1.82) is 0 Å². The van der Waals surface area contributed by atoms with Crippen LogP contribution in [0.2, 0.25) is 0 Å². The molecule has 1 atom stereocenters. The van der Waals surface area contributed by atoms with Crippen molar-refractivity contribution in [3.63, 3.8) is 0 Å². The Morgan fingerprint density at radius 3 is 3.00 bits per heavy atom. The number of aryl methyl sites for hydroxylation is 1. The first-order chi connectivity index (χ1) is 10.1. The first-order valence-electron chi connectivity index (χ1n) is 8.29. The van der Waals surface area contributed by atoms with E-state index in [2.05, 4.69) is 49.2 Å². The highest BCUT2D eigenvalue weighted by Gasteiger charge is 2.21. The Labute approximate surface area is 129 Å². The van der Waals surface area contributed by atoms with Crippen LogP contribution in [0.5, 0.6) is 5.75 Å². The molecule has 0 spiro atoms. The van der Waals surface area contributed by atoms with Gasteiger partial charge in [-0.1, -0.05) is 26.0 Å². The smallest absolute Gasteiger partial charge is 0.119 e. The van der Waals surface area contributed by atoms with Gasteiger partial charge in [0.1, 0.15) is 12.4 Å². The minimum absolute atomic E-state index is 0.647. The summed E-state index contributed by atoms with van der Waals surface area (Å²) in [6, 6.07) is 8.96. The highest BCUT2D eigenvalue weighted by molar-refractivity contribution is 5.27. The van der Waals surface area contributed by atoms with Crippen molar-refractivity contribution < 1.29 is 4.74 Å². The maximum Gasteiger partial charge on any atom is 0.119 e. The topological polar surface area (TPSA) is 24.5 Å². The van der Waals surface area contributed by atoms with Gasteiger partial charge in [0, 0.05) is 19.1 Å². The van der Waals surface area contributed by atoms with E-state index >= 15 is 0 Å². The molecule has 0 aromatic heterocycles. The molecule has 0 amide bonds. The van der Waals surface area contributed by atoms with Crippen LogP contribution in [0.3, 0.4) is 0 Å². The predicted octanol–water partition coefficient (Wildman–Crippen LogP) is 3.08. The lowest BCUT2D eigenvalue weighted by atomic mass is 10.0. The van der Waals surface area contributed by atoms with Crippen LogP contribution >= 0.6 is 0 Å². The van der Waals surface area contributed by atoms with E-state index in [1.807, 2.05) is 6.07 Å². The molecule has 0 aliphatic carbocycles. The van der Waals surface area contributed by atoms with Gasteiger partial charge >= 0.3 is 0 Å². The standard InChI is InChI=1S/C18H30N2O/c1-15(2)12-17-14-19-8-5-9-20(17)10-11-21-18-7-4-6-16(3)13-18/h4,6-7,13,15,17,19H,5,8-12,14H2,1-3H3. The molecule has 3 nitrogen and oxygen atoms in total. The molecule has 1 saturated heterocycles. The summed E-state index contributed by atoms with van der Waals surface area (Å²) < 4.78 is 5.92. The van der Waals surface area contributed by atoms with Gasteiger partial charge in [-0.15, -0.1) is 0 Å². The lowest BCUT2D eigenvalue weighted by molar-refractivity contribution is 0.152. The molecule has 1 unspecified atom stereocenters. The number of rotatable bonds is 6. The van der Waals surface area contributed by atoms with Gasteiger partial charge in [0.05, 0.1) is 0 Å². The molecule has 1 aliphatic rings. The molecule has 1 heterocycles. The molecule has 1 aromatic carbocycles. The Hall–Kier alpha value is -1.06. The van der Waals surface area contributed by atoms with Gasteiger partial charge in [-0.3, -0.25) is 4.90 Å². The molecular weight excluding hydrogens is 260 g/mol. The Morgan fingerprint density at radius 2 is 2.24 bits per heavy atom. The van der Waals surface area contributed by atoms with E-state index in [9.17, 15) is 0 Å². The van der Waals surface area contributed by atoms with Crippen molar-refractivity contribution in [2.24, 2.45) is 5.92 Å². The summed E-state index contributed by atoms with van der Waals surface area (Å²) in [5.74, 6) is 1.73. The van der Waals surface area contributed by atoms with Crippen molar-refractivity contribution in [2.75, 3.05) is 32.8 Å². The lowest BCUT2D eigenvalue weighted by Gasteiger charge is -2.30. The zero-order valence-electron chi connectivity index (χ0n) is 13.8. The van der Waals surface area contributed by atoms with E-state index in [0.29, 0.717) is 6.04 Å². The summed E-state index contributed by atoms with van der Waals surface area (Å²) in [6.45, 7) is 12.0. The van der Waals surface area contributed by atoms with Gasteiger partial charge < -0.3 is 10.1 Å². The molecule has 21 heavy (non-hydrogen) atoms. The van der Waals surface area contributed by atoms with E-state index in [0.717, 1.165) is 37.9 Å². The van der Waals surface area contributed by atoms with E-state index in [1.165, 1.54) is 24.9 Å². The monoisotopic (exact) mass is 290 g/mol. The fourth-order valence-corrected chi connectivity index (χ4v) is 3.04. The number of nitrogens with one attached hydrogen (secondary N) is 1. The highest BCUT2D eigenvalue weighted by atomic mass is 16.5. The molecule has 3 heteroatoms. The third-order valence-corrected chi connectivity index (χ3v) is 4.08. The van der Waals surface area contributed by atoms with E-state index < -0.39 is 0 Å². The molecule has 2 rings (SSSR count). The number of nitrogens with zero attached hydrogens (tertiary/aromatic N) is 1. The minimum Gasteiger partial charge on any atom is -0.492 e. The molecule has 118 valence electrons. The average molecular weight is 290 g/mol. The third-order valence-electron chi connectivity index (χ3n) is 4.08. The fraction of sp³-hybridized carbons (Fsp3) is 0.667. The Balaban J connectivity index is 1.83. The van der Waals surface area contributed by atoms with E-state index in [4.69, 9.17) is 4.74 Å². The number of hydrogen-bond donors (Lipinski definition) is 1. The van der Waals surface area contributed by atoms with E-state index in [1.54, 1.807) is 0 Å². The molecule has 1 aliphatic heterocycles. The molecule has 0 radical (unpaired) electrons. The quantitative estimate of drug-likeness (QED) is 0.871. The second-order valence-electron chi connectivity index (χ2n) is 6.54. The second kappa shape index (κ2) is 8.40. The van der Waals surface area contributed by atoms with Crippen LogP contribution in [0.1, 0.15) is 32.3 Å². The van der Waals surface area contributed by atoms with Gasteiger partial charge in [-0.05, 0) is 56.5 Å². The van der Waals surface area contributed by atoms with Crippen molar-refractivity contribution >= 4 is 0 Å². The van der Waals surface area contributed by atoms with Crippen molar-refractivity contribution in [3.05, 3.63) is 29.8 Å². The summed E-state index contributed by atoms with van der Waals surface area (Å²) in [6.07, 6.45) is 2.50.